The summed E-state index contributed by atoms with van der Waals surface area (Å²) in [5, 5.41) is 9.70. The molecular weight excluding hydrogens is 220 g/mol. The molecule has 4 nitrogen and oxygen atoms in total. The summed E-state index contributed by atoms with van der Waals surface area (Å²) in [7, 11) is 3.24. The number of ether oxygens (including phenoxy) is 3. The Hall–Kier alpha value is -1.26. The van der Waals surface area contributed by atoms with E-state index in [0.717, 1.165) is 23.5 Å². The molecule has 4 heteroatoms. The van der Waals surface area contributed by atoms with Gasteiger partial charge in [-0.05, 0) is 24.1 Å². The molecule has 2 rings (SSSR count). The molecule has 17 heavy (non-hydrogen) atoms. The van der Waals surface area contributed by atoms with E-state index >= 15 is 0 Å². The van der Waals surface area contributed by atoms with Gasteiger partial charge in [-0.2, -0.15) is 0 Å². The predicted molar refractivity (Wildman–Crippen MR) is 63.6 cm³/mol. The maximum Gasteiger partial charge on any atom is 0.160 e. The molecule has 1 aliphatic heterocycles. The molecule has 1 N–H and O–H groups in total. The maximum atomic E-state index is 9.70. The summed E-state index contributed by atoms with van der Waals surface area (Å²) >= 11 is 0. The molecule has 0 aliphatic carbocycles. The van der Waals surface area contributed by atoms with Gasteiger partial charge in [0.05, 0.1) is 33.5 Å². The van der Waals surface area contributed by atoms with Crippen molar-refractivity contribution in [2.45, 2.75) is 12.5 Å². The third kappa shape index (κ3) is 2.70. The molecule has 0 unspecified atom stereocenters. The first-order valence-corrected chi connectivity index (χ1v) is 5.71. The topological polar surface area (TPSA) is 47.9 Å². The average Bonchev–Trinajstić information content (AvgIpc) is 2.75. The van der Waals surface area contributed by atoms with Gasteiger partial charge in [0, 0.05) is 5.92 Å². The highest BCUT2D eigenvalue weighted by molar-refractivity contribution is 5.43. The summed E-state index contributed by atoms with van der Waals surface area (Å²) in [4.78, 5) is 0. The first kappa shape index (κ1) is 12.2. The van der Waals surface area contributed by atoms with Crippen LogP contribution in [0.15, 0.2) is 18.2 Å². The zero-order chi connectivity index (χ0) is 12.3. The molecule has 0 radical (unpaired) electrons. The van der Waals surface area contributed by atoms with Crippen molar-refractivity contribution in [1.82, 2.24) is 0 Å². The molecule has 1 aromatic carbocycles. The molecular formula is C13H18O4. The van der Waals surface area contributed by atoms with Gasteiger partial charge in [-0.25, -0.2) is 0 Å². The number of rotatable bonds is 4. The van der Waals surface area contributed by atoms with Gasteiger partial charge < -0.3 is 19.3 Å². The fourth-order valence-electron chi connectivity index (χ4n) is 2.09. The van der Waals surface area contributed by atoms with Crippen molar-refractivity contribution in [2.75, 3.05) is 27.4 Å². The highest BCUT2D eigenvalue weighted by Gasteiger charge is 2.26. The minimum Gasteiger partial charge on any atom is -0.493 e. The number of aliphatic hydroxyl groups excluding tert-OH is 1. The Morgan fingerprint density at radius 2 is 2.00 bits per heavy atom. The third-order valence-electron chi connectivity index (χ3n) is 3.11. The summed E-state index contributed by atoms with van der Waals surface area (Å²) in [6, 6.07) is 5.83. The Balaban J connectivity index is 2.10. The van der Waals surface area contributed by atoms with Crippen molar-refractivity contribution < 1.29 is 19.3 Å². The fourth-order valence-corrected chi connectivity index (χ4v) is 2.09. The molecule has 1 aliphatic rings. The Labute approximate surface area is 101 Å². The molecule has 1 heterocycles. The van der Waals surface area contributed by atoms with E-state index in [-0.39, 0.29) is 12.0 Å². The highest BCUT2D eigenvalue weighted by Crippen LogP contribution is 2.29. The van der Waals surface area contributed by atoms with Crippen LogP contribution in [0.25, 0.3) is 0 Å². The van der Waals surface area contributed by atoms with E-state index in [1.54, 1.807) is 14.2 Å². The number of benzene rings is 1. The Morgan fingerprint density at radius 1 is 1.24 bits per heavy atom. The zero-order valence-electron chi connectivity index (χ0n) is 10.2. The van der Waals surface area contributed by atoms with Gasteiger partial charge in [-0.1, -0.05) is 6.07 Å². The Bertz CT molecular complexity index is 378. The lowest BCUT2D eigenvalue weighted by molar-refractivity contribution is 0.118. The van der Waals surface area contributed by atoms with Crippen molar-refractivity contribution in [1.29, 1.82) is 0 Å². The molecule has 1 fully saturated rings. The number of hydrogen-bond donors (Lipinski definition) is 1. The van der Waals surface area contributed by atoms with E-state index in [9.17, 15) is 5.11 Å². The molecule has 0 aromatic heterocycles. The Kier molecular flexibility index (Phi) is 3.86. The van der Waals surface area contributed by atoms with Gasteiger partial charge in [0.25, 0.3) is 0 Å². The number of hydrogen-bond acceptors (Lipinski definition) is 4. The van der Waals surface area contributed by atoms with Crippen LogP contribution >= 0.6 is 0 Å². The van der Waals surface area contributed by atoms with Crippen molar-refractivity contribution in [2.24, 2.45) is 5.92 Å². The van der Waals surface area contributed by atoms with Gasteiger partial charge in [0.2, 0.25) is 0 Å². The first-order valence-electron chi connectivity index (χ1n) is 5.71. The van der Waals surface area contributed by atoms with Crippen LogP contribution in [0.1, 0.15) is 5.56 Å². The van der Waals surface area contributed by atoms with Crippen LogP contribution in [-0.4, -0.2) is 38.6 Å². The monoisotopic (exact) mass is 238 g/mol. The smallest absolute Gasteiger partial charge is 0.160 e. The first-order chi connectivity index (χ1) is 8.24. The van der Waals surface area contributed by atoms with Crippen LogP contribution in [-0.2, 0) is 11.2 Å². The summed E-state index contributed by atoms with van der Waals surface area (Å²) in [5.41, 5.74) is 1.12. The van der Waals surface area contributed by atoms with Crippen molar-refractivity contribution in [3.05, 3.63) is 23.8 Å². The second-order valence-corrected chi connectivity index (χ2v) is 4.26. The normalized spacial score (nSPS) is 23.7. The van der Waals surface area contributed by atoms with Gasteiger partial charge in [0.1, 0.15) is 0 Å². The minimum atomic E-state index is -0.358. The summed E-state index contributed by atoms with van der Waals surface area (Å²) in [5.74, 6) is 1.62. The molecule has 94 valence electrons. The van der Waals surface area contributed by atoms with E-state index in [1.165, 1.54) is 0 Å². The summed E-state index contributed by atoms with van der Waals surface area (Å²) < 4.78 is 15.7. The zero-order valence-corrected chi connectivity index (χ0v) is 10.2. The predicted octanol–water partition coefficient (Wildman–Crippen LogP) is 1.25. The van der Waals surface area contributed by atoms with Crippen LogP contribution in [0.5, 0.6) is 11.5 Å². The van der Waals surface area contributed by atoms with E-state index in [2.05, 4.69) is 0 Å². The lowest BCUT2D eigenvalue weighted by Crippen LogP contribution is -2.19. The molecule has 1 saturated heterocycles. The minimum absolute atomic E-state index is 0.174. The Morgan fingerprint density at radius 3 is 2.59 bits per heavy atom. The van der Waals surface area contributed by atoms with Crippen LogP contribution in [0, 0.1) is 5.92 Å². The van der Waals surface area contributed by atoms with Gasteiger partial charge in [0.15, 0.2) is 11.5 Å². The van der Waals surface area contributed by atoms with Crippen LogP contribution in [0.2, 0.25) is 0 Å². The quantitative estimate of drug-likeness (QED) is 0.857. The third-order valence-corrected chi connectivity index (χ3v) is 3.11. The van der Waals surface area contributed by atoms with Crippen molar-refractivity contribution >= 4 is 0 Å². The summed E-state index contributed by atoms with van der Waals surface area (Å²) in [6.07, 6.45) is 0.435. The second-order valence-electron chi connectivity index (χ2n) is 4.26. The van der Waals surface area contributed by atoms with E-state index in [1.807, 2.05) is 18.2 Å². The maximum absolute atomic E-state index is 9.70. The van der Waals surface area contributed by atoms with Gasteiger partial charge >= 0.3 is 0 Å². The number of aliphatic hydroxyl groups is 1. The second kappa shape index (κ2) is 5.38. The largest absolute Gasteiger partial charge is 0.493 e. The standard InChI is InChI=1S/C13H18O4/c1-15-12-4-3-9(6-13(12)16-2)5-10-7-17-8-11(10)14/h3-4,6,10-11,14H,5,7-8H2,1-2H3/t10-,11+/m1/s1. The SMILES string of the molecule is COc1ccc(C[C@@H]2COC[C@@H]2O)cc1OC. The molecule has 0 bridgehead atoms. The molecule has 0 saturated carbocycles. The summed E-state index contributed by atoms with van der Waals surface area (Å²) in [6.45, 7) is 1.06. The number of methoxy groups -OCH3 is 2. The lowest BCUT2D eigenvalue weighted by atomic mass is 9.96. The van der Waals surface area contributed by atoms with E-state index in [0.29, 0.717) is 13.2 Å². The molecule has 1 aromatic rings. The lowest BCUT2D eigenvalue weighted by Gasteiger charge is -2.14. The van der Waals surface area contributed by atoms with Gasteiger partial charge in [-0.15, -0.1) is 0 Å². The van der Waals surface area contributed by atoms with Crippen molar-refractivity contribution in [3.8, 4) is 11.5 Å². The van der Waals surface area contributed by atoms with Crippen molar-refractivity contribution in [3.63, 3.8) is 0 Å². The highest BCUT2D eigenvalue weighted by atomic mass is 16.5. The molecule has 0 spiro atoms. The average molecular weight is 238 g/mol. The fraction of sp³-hybridized carbons (Fsp3) is 0.538. The van der Waals surface area contributed by atoms with E-state index in [4.69, 9.17) is 14.2 Å². The van der Waals surface area contributed by atoms with Crippen LogP contribution in [0.4, 0.5) is 0 Å². The van der Waals surface area contributed by atoms with Crippen LogP contribution in [0.3, 0.4) is 0 Å². The van der Waals surface area contributed by atoms with Gasteiger partial charge in [-0.3, -0.25) is 0 Å². The van der Waals surface area contributed by atoms with E-state index < -0.39 is 0 Å². The molecule has 2 atom stereocenters. The van der Waals surface area contributed by atoms with Crippen LogP contribution < -0.4 is 9.47 Å². The molecule has 0 amide bonds.